The summed E-state index contributed by atoms with van der Waals surface area (Å²) in [5.41, 5.74) is 10.6. The Kier molecular flexibility index (Phi) is 5.02. The van der Waals surface area contributed by atoms with E-state index in [0.29, 0.717) is 12.8 Å². The van der Waals surface area contributed by atoms with Crippen LogP contribution in [0.3, 0.4) is 0 Å². The van der Waals surface area contributed by atoms with Crippen molar-refractivity contribution >= 4 is 33.2 Å². The van der Waals surface area contributed by atoms with Crippen molar-refractivity contribution < 1.29 is 4.79 Å². The van der Waals surface area contributed by atoms with Crippen LogP contribution in [0.5, 0.6) is 0 Å². The zero-order chi connectivity index (χ0) is 15.4. The first-order valence-electron chi connectivity index (χ1n) is 6.86. The van der Waals surface area contributed by atoms with Crippen molar-refractivity contribution in [1.29, 1.82) is 0 Å². The quantitative estimate of drug-likeness (QED) is 0.814. The number of nitrogen functional groups attached to an aromatic ring is 1. The predicted octanol–water partition coefficient (Wildman–Crippen LogP) is 4.22. The second-order valence-corrected chi connectivity index (χ2v) is 6.08. The van der Waals surface area contributed by atoms with E-state index in [2.05, 4.69) is 27.3 Å². The van der Waals surface area contributed by atoms with Gasteiger partial charge in [0.25, 0.3) is 0 Å². The minimum atomic E-state index is 0.0134. The number of carbonyl (C=O) groups is 1. The number of rotatable bonds is 4. The highest BCUT2D eigenvalue weighted by atomic mass is 79.9. The molecule has 3 N–H and O–H groups in total. The van der Waals surface area contributed by atoms with Crippen LogP contribution in [0.1, 0.15) is 23.1 Å². The summed E-state index contributed by atoms with van der Waals surface area (Å²) in [7, 11) is 0. The maximum absolute atomic E-state index is 12.1. The molecule has 0 bridgehead atoms. The minimum absolute atomic E-state index is 0.0134. The van der Waals surface area contributed by atoms with Crippen LogP contribution in [0.4, 0.5) is 11.4 Å². The number of benzene rings is 2. The number of hydrogen-bond donors (Lipinski definition) is 2. The Morgan fingerprint density at radius 3 is 2.48 bits per heavy atom. The van der Waals surface area contributed by atoms with Crippen molar-refractivity contribution in [3.63, 3.8) is 0 Å². The molecular formula is C17H19BrN2O. The van der Waals surface area contributed by atoms with Gasteiger partial charge in [0.2, 0.25) is 5.91 Å². The highest BCUT2D eigenvalue weighted by Crippen LogP contribution is 2.27. The normalized spacial score (nSPS) is 10.4. The lowest BCUT2D eigenvalue weighted by Gasteiger charge is -2.12. The lowest BCUT2D eigenvalue weighted by Crippen LogP contribution is -2.13. The molecule has 0 saturated heterocycles. The topological polar surface area (TPSA) is 55.1 Å². The zero-order valence-electron chi connectivity index (χ0n) is 12.2. The van der Waals surface area contributed by atoms with Crippen LogP contribution in [0.15, 0.2) is 40.9 Å². The molecule has 0 saturated carbocycles. The Bertz CT molecular complexity index is 627. The van der Waals surface area contributed by atoms with Crippen molar-refractivity contribution in [2.24, 2.45) is 0 Å². The van der Waals surface area contributed by atoms with E-state index in [1.165, 1.54) is 5.56 Å². The summed E-state index contributed by atoms with van der Waals surface area (Å²) in [5.74, 6) is 0.0134. The number of amides is 1. The van der Waals surface area contributed by atoms with Gasteiger partial charge in [-0.3, -0.25) is 4.79 Å². The molecule has 3 nitrogen and oxygen atoms in total. The lowest BCUT2D eigenvalue weighted by molar-refractivity contribution is -0.116. The van der Waals surface area contributed by atoms with Crippen LogP contribution in [0.2, 0.25) is 0 Å². The summed E-state index contributed by atoms with van der Waals surface area (Å²) in [6.07, 6.45) is 1.15. The predicted molar refractivity (Wildman–Crippen MR) is 91.4 cm³/mol. The van der Waals surface area contributed by atoms with Crippen molar-refractivity contribution in [2.75, 3.05) is 11.1 Å². The Labute approximate surface area is 133 Å². The molecule has 0 aromatic heterocycles. The number of halogens is 1. The summed E-state index contributed by atoms with van der Waals surface area (Å²) < 4.78 is 0.917. The fourth-order valence-electron chi connectivity index (χ4n) is 2.22. The molecule has 110 valence electrons. The number of anilines is 2. The largest absolute Gasteiger partial charge is 0.399 e. The van der Waals surface area contributed by atoms with Crippen LogP contribution >= 0.6 is 15.9 Å². The van der Waals surface area contributed by atoms with E-state index in [1.807, 2.05) is 44.2 Å². The van der Waals surface area contributed by atoms with Crippen LogP contribution in [0.25, 0.3) is 0 Å². The molecule has 0 radical (unpaired) electrons. The molecule has 0 spiro atoms. The summed E-state index contributed by atoms with van der Waals surface area (Å²) >= 11 is 3.50. The third-order valence-corrected chi connectivity index (χ3v) is 3.94. The van der Waals surface area contributed by atoms with Crippen LogP contribution < -0.4 is 11.1 Å². The standard InChI is InChI=1S/C17H19BrN2O/c1-11-9-12(2)17(15(18)10-11)20-16(21)8-5-13-3-6-14(19)7-4-13/h3-4,6-7,9-10H,5,8,19H2,1-2H3,(H,20,21). The molecule has 0 aliphatic carbocycles. The number of nitrogens with two attached hydrogens (primary N) is 1. The van der Waals surface area contributed by atoms with Crippen molar-refractivity contribution in [3.05, 3.63) is 57.6 Å². The van der Waals surface area contributed by atoms with Gasteiger partial charge in [-0.05, 0) is 71.1 Å². The fourth-order valence-corrected chi connectivity index (χ4v) is 2.99. The SMILES string of the molecule is Cc1cc(C)c(NC(=O)CCc2ccc(N)cc2)c(Br)c1. The molecule has 0 fully saturated rings. The minimum Gasteiger partial charge on any atom is -0.399 e. The van der Waals surface area contributed by atoms with Gasteiger partial charge in [0, 0.05) is 16.6 Å². The van der Waals surface area contributed by atoms with E-state index in [4.69, 9.17) is 5.73 Å². The van der Waals surface area contributed by atoms with Crippen LogP contribution in [-0.2, 0) is 11.2 Å². The number of aryl methyl sites for hydroxylation is 3. The molecular weight excluding hydrogens is 328 g/mol. The Morgan fingerprint density at radius 1 is 1.19 bits per heavy atom. The highest BCUT2D eigenvalue weighted by molar-refractivity contribution is 9.10. The molecule has 21 heavy (non-hydrogen) atoms. The average Bonchev–Trinajstić information content (AvgIpc) is 2.42. The van der Waals surface area contributed by atoms with E-state index in [1.54, 1.807) is 0 Å². The van der Waals surface area contributed by atoms with Gasteiger partial charge in [0.1, 0.15) is 0 Å². The Morgan fingerprint density at radius 2 is 1.86 bits per heavy atom. The highest BCUT2D eigenvalue weighted by Gasteiger charge is 2.09. The molecule has 0 aliphatic rings. The van der Waals surface area contributed by atoms with Gasteiger partial charge in [-0.2, -0.15) is 0 Å². The van der Waals surface area contributed by atoms with E-state index in [9.17, 15) is 4.79 Å². The molecule has 4 heteroatoms. The summed E-state index contributed by atoms with van der Waals surface area (Å²) in [6.45, 7) is 4.03. The van der Waals surface area contributed by atoms with Crippen molar-refractivity contribution in [3.8, 4) is 0 Å². The Hall–Kier alpha value is -1.81. The molecule has 0 heterocycles. The van der Waals surface area contributed by atoms with E-state index < -0.39 is 0 Å². The second kappa shape index (κ2) is 6.76. The number of nitrogens with one attached hydrogen (secondary N) is 1. The van der Waals surface area contributed by atoms with Crippen LogP contribution in [0, 0.1) is 13.8 Å². The fraction of sp³-hybridized carbons (Fsp3) is 0.235. The number of carbonyl (C=O) groups excluding carboxylic acids is 1. The third kappa shape index (κ3) is 4.33. The first-order chi connectivity index (χ1) is 9.95. The van der Waals surface area contributed by atoms with Gasteiger partial charge >= 0.3 is 0 Å². The van der Waals surface area contributed by atoms with Gasteiger partial charge in [-0.1, -0.05) is 18.2 Å². The zero-order valence-corrected chi connectivity index (χ0v) is 13.8. The smallest absolute Gasteiger partial charge is 0.224 e. The first-order valence-corrected chi connectivity index (χ1v) is 7.66. The second-order valence-electron chi connectivity index (χ2n) is 5.23. The molecule has 2 rings (SSSR count). The van der Waals surface area contributed by atoms with Gasteiger partial charge in [0.15, 0.2) is 0 Å². The van der Waals surface area contributed by atoms with Crippen molar-refractivity contribution in [1.82, 2.24) is 0 Å². The maximum Gasteiger partial charge on any atom is 0.224 e. The van der Waals surface area contributed by atoms with Gasteiger partial charge in [0.05, 0.1) is 5.69 Å². The monoisotopic (exact) mass is 346 g/mol. The Balaban J connectivity index is 1.97. The van der Waals surface area contributed by atoms with Gasteiger partial charge < -0.3 is 11.1 Å². The van der Waals surface area contributed by atoms with E-state index in [0.717, 1.165) is 27.0 Å². The molecule has 0 unspecified atom stereocenters. The summed E-state index contributed by atoms with van der Waals surface area (Å²) in [6, 6.07) is 11.7. The lowest BCUT2D eigenvalue weighted by atomic mass is 10.1. The molecule has 2 aromatic rings. The number of hydrogen-bond acceptors (Lipinski definition) is 2. The van der Waals surface area contributed by atoms with Gasteiger partial charge in [-0.15, -0.1) is 0 Å². The van der Waals surface area contributed by atoms with Crippen molar-refractivity contribution in [2.45, 2.75) is 26.7 Å². The molecule has 2 aromatic carbocycles. The van der Waals surface area contributed by atoms with E-state index >= 15 is 0 Å². The summed E-state index contributed by atoms with van der Waals surface area (Å²) in [4.78, 5) is 12.1. The van der Waals surface area contributed by atoms with E-state index in [-0.39, 0.29) is 5.91 Å². The third-order valence-electron chi connectivity index (χ3n) is 3.32. The first kappa shape index (κ1) is 15.6. The molecule has 1 amide bonds. The molecule has 0 aliphatic heterocycles. The van der Waals surface area contributed by atoms with Gasteiger partial charge in [-0.25, -0.2) is 0 Å². The maximum atomic E-state index is 12.1. The molecule has 0 atom stereocenters. The van der Waals surface area contributed by atoms with Crippen LogP contribution in [-0.4, -0.2) is 5.91 Å². The average molecular weight is 347 g/mol. The summed E-state index contributed by atoms with van der Waals surface area (Å²) in [5, 5.41) is 2.98.